The quantitative estimate of drug-likeness (QED) is 0.268. The van der Waals surface area contributed by atoms with Gasteiger partial charge < -0.3 is 19.5 Å². The molecule has 7 heteroatoms. The number of pyridine rings is 1. The molecule has 1 amide bonds. The summed E-state index contributed by atoms with van der Waals surface area (Å²) in [5, 5.41) is 12.5. The zero-order valence-electron chi connectivity index (χ0n) is 22.5. The minimum absolute atomic E-state index is 0.235. The minimum atomic E-state index is -0.235. The Morgan fingerprint density at radius 2 is 1.68 bits per heavy atom. The number of furan rings is 1. The van der Waals surface area contributed by atoms with E-state index in [1.54, 1.807) is 35.4 Å². The lowest BCUT2D eigenvalue weighted by molar-refractivity contribution is 0.0959. The van der Waals surface area contributed by atoms with Crippen molar-refractivity contribution in [3.63, 3.8) is 0 Å². The molecule has 0 saturated carbocycles. The van der Waals surface area contributed by atoms with Crippen molar-refractivity contribution < 1.29 is 9.21 Å². The Bertz CT molecular complexity index is 1670. The number of carbonyl (C=O) groups is 1. The van der Waals surface area contributed by atoms with Crippen molar-refractivity contribution in [2.45, 2.75) is 6.54 Å². The van der Waals surface area contributed by atoms with Gasteiger partial charge in [0, 0.05) is 61.1 Å². The largest absolute Gasteiger partial charge is 0.451 e. The number of aromatic nitrogens is 1. The Morgan fingerprint density at radius 1 is 0.902 bits per heavy atom. The standard InChI is InChI=1S/C34H29N5O2/c35-22-25-7-9-26(10-8-25)32-15-16-33(41-32)34(40)39(30-13-11-29(12-14-30)38-20-18-36-19-21-38)24-28-4-1-2-6-31(28)27-5-3-17-37-23-27/h1-17,23,36H,18-21,24H2. The van der Waals surface area contributed by atoms with Crippen LogP contribution in [-0.4, -0.2) is 37.1 Å². The second-order valence-electron chi connectivity index (χ2n) is 9.90. The zero-order valence-corrected chi connectivity index (χ0v) is 22.5. The summed E-state index contributed by atoms with van der Waals surface area (Å²) in [6.45, 7) is 4.16. The lowest BCUT2D eigenvalue weighted by Gasteiger charge is -2.30. The van der Waals surface area contributed by atoms with Gasteiger partial charge in [0.25, 0.3) is 5.91 Å². The van der Waals surface area contributed by atoms with Crippen molar-refractivity contribution >= 4 is 17.3 Å². The summed E-state index contributed by atoms with van der Waals surface area (Å²) in [6, 6.07) is 32.9. The predicted octanol–water partition coefficient (Wildman–Crippen LogP) is 6.14. The molecule has 6 rings (SSSR count). The number of hydrogen-bond acceptors (Lipinski definition) is 6. The topological polar surface area (TPSA) is 85.4 Å². The van der Waals surface area contributed by atoms with E-state index >= 15 is 0 Å². The van der Waals surface area contributed by atoms with Gasteiger partial charge in [-0.1, -0.05) is 30.3 Å². The van der Waals surface area contributed by atoms with Crippen LogP contribution in [0.4, 0.5) is 11.4 Å². The number of amides is 1. The molecular formula is C34H29N5O2. The fraction of sp³-hybridized carbons (Fsp3) is 0.147. The highest BCUT2D eigenvalue weighted by Crippen LogP contribution is 2.30. The molecule has 3 aromatic carbocycles. The van der Waals surface area contributed by atoms with Crippen molar-refractivity contribution in [2.75, 3.05) is 36.0 Å². The van der Waals surface area contributed by atoms with Gasteiger partial charge in [-0.2, -0.15) is 5.26 Å². The fourth-order valence-electron chi connectivity index (χ4n) is 5.13. The maximum atomic E-state index is 14.1. The van der Waals surface area contributed by atoms with Crippen molar-refractivity contribution in [3.8, 4) is 28.5 Å². The smallest absolute Gasteiger partial charge is 0.294 e. The highest BCUT2D eigenvalue weighted by molar-refractivity contribution is 6.04. The maximum absolute atomic E-state index is 14.1. The van der Waals surface area contributed by atoms with E-state index in [0.717, 1.165) is 59.8 Å². The van der Waals surface area contributed by atoms with Crippen LogP contribution in [0.5, 0.6) is 0 Å². The van der Waals surface area contributed by atoms with Crippen molar-refractivity contribution in [2.24, 2.45) is 0 Å². The molecule has 0 bridgehead atoms. The maximum Gasteiger partial charge on any atom is 0.294 e. The average molecular weight is 540 g/mol. The van der Waals surface area contributed by atoms with Gasteiger partial charge >= 0.3 is 0 Å². The first-order chi connectivity index (χ1) is 20.2. The van der Waals surface area contributed by atoms with Gasteiger partial charge in [0.05, 0.1) is 18.2 Å². The van der Waals surface area contributed by atoms with E-state index in [1.165, 1.54) is 0 Å². The lowest BCUT2D eigenvalue weighted by Crippen LogP contribution is -2.43. The highest BCUT2D eigenvalue weighted by atomic mass is 16.4. The molecule has 0 spiro atoms. The Labute approximate surface area is 239 Å². The van der Waals surface area contributed by atoms with E-state index in [9.17, 15) is 4.79 Å². The number of nitrogens with one attached hydrogen (secondary N) is 1. The first kappa shape index (κ1) is 26.1. The average Bonchev–Trinajstić information content (AvgIpc) is 3.55. The third-order valence-electron chi connectivity index (χ3n) is 7.32. The molecule has 0 radical (unpaired) electrons. The fourth-order valence-corrected chi connectivity index (χ4v) is 5.13. The molecule has 0 atom stereocenters. The second kappa shape index (κ2) is 11.9. The number of hydrogen-bond donors (Lipinski definition) is 1. The van der Waals surface area contributed by atoms with Crippen LogP contribution < -0.4 is 15.1 Å². The number of nitriles is 1. The van der Waals surface area contributed by atoms with E-state index in [2.05, 4.69) is 39.5 Å². The van der Waals surface area contributed by atoms with Crippen molar-refractivity contribution in [1.29, 1.82) is 5.26 Å². The van der Waals surface area contributed by atoms with Crippen LogP contribution in [0.1, 0.15) is 21.7 Å². The van der Waals surface area contributed by atoms with Crippen LogP contribution in [0.15, 0.2) is 114 Å². The first-order valence-corrected chi connectivity index (χ1v) is 13.7. The molecule has 2 aromatic heterocycles. The van der Waals surface area contributed by atoms with Crippen molar-refractivity contribution in [3.05, 3.63) is 126 Å². The molecule has 1 fully saturated rings. The van der Waals surface area contributed by atoms with E-state index in [4.69, 9.17) is 9.68 Å². The number of nitrogens with zero attached hydrogens (tertiary/aromatic N) is 4. The van der Waals surface area contributed by atoms with Gasteiger partial charge in [-0.15, -0.1) is 0 Å². The van der Waals surface area contributed by atoms with E-state index in [-0.39, 0.29) is 11.7 Å². The summed E-state index contributed by atoms with van der Waals surface area (Å²) < 4.78 is 6.08. The molecule has 1 N–H and O–H groups in total. The predicted molar refractivity (Wildman–Crippen MR) is 161 cm³/mol. The first-order valence-electron chi connectivity index (χ1n) is 13.7. The summed E-state index contributed by atoms with van der Waals surface area (Å²) >= 11 is 0. The van der Waals surface area contributed by atoms with Crippen LogP contribution >= 0.6 is 0 Å². The number of anilines is 2. The molecule has 1 aliphatic heterocycles. The SMILES string of the molecule is N#Cc1ccc(-c2ccc(C(=O)N(Cc3ccccc3-c3cccnc3)c3ccc(N4CCNCC4)cc3)o2)cc1. The van der Waals surface area contributed by atoms with Crippen LogP contribution in [0.2, 0.25) is 0 Å². The minimum Gasteiger partial charge on any atom is -0.451 e. The van der Waals surface area contributed by atoms with Gasteiger partial charge in [-0.25, -0.2) is 0 Å². The van der Waals surface area contributed by atoms with Gasteiger partial charge in [-0.3, -0.25) is 9.78 Å². The monoisotopic (exact) mass is 539 g/mol. The van der Waals surface area contributed by atoms with Crippen molar-refractivity contribution in [1.82, 2.24) is 10.3 Å². The van der Waals surface area contributed by atoms with Crippen LogP contribution in [-0.2, 0) is 6.54 Å². The summed E-state index contributed by atoms with van der Waals surface area (Å²) in [4.78, 5) is 22.5. The third kappa shape index (κ3) is 5.74. The van der Waals surface area contributed by atoms with Crippen LogP contribution in [0.25, 0.3) is 22.5 Å². The Balaban J connectivity index is 1.34. The summed E-state index contributed by atoms with van der Waals surface area (Å²) in [5.74, 6) is 0.581. The second-order valence-corrected chi connectivity index (χ2v) is 9.90. The van der Waals surface area contributed by atoms with E-state index in [1.807, 2.05) is 60.8 Å². The lowest BCUT2D eigenvalue weighted by atomic mass is 10.0. The Kier molecular flexibility index (Phi) is 7.57. The Morgan fingerprint density at radius 3 is 2.41 bits per heavy atom. The van der Waals surface area contributed by atoms with Crippen LogP contribution in [0.3, 0.4) is 0 Å². The van der Waals surface area contributed by atoms with Crippen LogP contribution in [0, 0.1) is 11.3 Å². The molecule has 0 aliphatic carbocycles. The summed E-state index contributed by atoms with van der Waals surface area (Å²) in [6.07, 6.45) is 3.59. The molecule has 7 nitrogen and oxygen atoms in total. The zero-order chi connectivity index (χ0) is 28.0. The molecule has 1 saturated heterocycles. The van der Waals surface area contributed by atoms with E-state index < -0.39 is 0 Å². The number of carbonyl (C=O) groups excluding carboxylic acids is 1. The van der Waals surface area contributed by atoms with E-state index in [0.29, 0.717) is 17.9 Å². The molecule has 1 aliphatic rings. The third-order valence-corrected chi connectivity index (χ3v) is 7.32. The number of rotatable bonds is 7. The molecular weight excluding hydrogens is 510 g/mol. The molecule has 41 heavy (non-hydrogen) atoms. The van der Waals surface area contributed by atoms with Gasteiger partial charge in [0.1, 0.15) is 5.76 Å². The molecule has 202 valence electrons. The molecule has 5 aromatic rings. The van der Waals surface area contributed by atoms with Gasteiger partial charge in [-0.05, 0) is 77.9 Å². The number of piperazine rings is 1. The Hall–Kier alpha value is -5.19. The van der Waals surface area contributed by atoms with Gasteiger partial charge in [0.2, 0.25) is 0 Å². The highest BCUT2D eigenvalue weighted by Gasteiger charge is 2.23. The summed E-state index contributed by atoms with van der Waals surface area (Å²) in [5.41, 5.74) is 6.31. The van der Waals surface area contributed by atoms with Gasteiger partial charge in [0.15, 0.2) is 5.76 Å². The number of benzene rings is 3. The molecule has 0 unspecified atom stereocenters. The molecule has 3 heterocycles. The summed E-state index contributed by atoms with van der Waals surface area (Å²) in [7, 11) is 0. The normalized spacial score (nSPS) is 13.0.